The normalized spacial score (nSPS) is 19.3. The molecular weight excluding hydrogens is 476 g/mol. The first-order valence-electron chi connectivity index (χ1n) is 13.6. The van der Waals surface area contributed by atoms with E-state index >= 15 is 0 Å². The minimum absolute atomic E-state index is 0.0555. The molecule has 2 N–H and O–H groups in total. The summed E-state index contributed by atoms with van der Waals surface area (Å²) in [5.41, 5.74) is 5.60. The van der Waals surface area contributed by atoms with E-state index in [2.05, 4.69) is 54.6 Å². The summed E-state index contributed by atoms with van der Waals surface area (Å²) < 4.78 is 5.49. The number of hydrogen-bond acceptors (Lipinski definition) is 6. The highest BCUT2D eigenvalue weighted by molar-refractivity contribution is 6.01. The summed E-state index contributed by atoms with van der Waals surface area (Å²) in [5, 5.41) is 11.9. The highest BCUT2D eigenvalue weighted by Crippen LogP contribution is 2.40. The number of morpholine rings is 1. The lowest BCUT2D eigenvalue weighted by Gasteiger charge is -2.47. The molecule has 3 aliphatic rings. The Balaban J connectivity index is 1.07. The number of hydrogen-bond donors (Lipinski definition) is 2. The maximum absolute atomic E-state index is 13.3. The molecule has 1 saturated carbocycles. The van der Waals surface area contributed by atoms with Crippen LogP contribution in [0.4, 0.5) is 5.69 Å². The number of fused-ring (bicyclic) bond motifs is 1. The van der Waals surface area contributed by atoms with Crippen molar-refractivity contribution in [3.63, 3.8) is 0 Å². The fourth-order valence-electron chi connectivity index (χ4n) is 5.69. The van der Waals surface area contributed by atoms with Crippen LogP contribution in [0.5, 0.6) is 0 Å². The highest BCUT2D eigenvalue weighted by atomic mass is 16.5. The number of aromatic amines is 1. The van der Waals surface area contributed by atoms with Gasteiger partial charge in [-0.05, 0) is 61.2 Å². The Morgan fingerprint density at radius 3 is 2.58 bits per heavy atom. The lowest BCUT2D eigenvalue weighted by Crippen LogP contribution is -2.61. The first-order valence-corrected chi connectivity index (χ1v) is 13.6. The summed E-state index contributed by atoms with van der Waals surface area (Å²) in [7, 11) is 0. The highest BCUT2D eigenvalue weighted by Gasteiger charge is 2.35. The molecule has 1 atom stereocenters. The Hall–Kier alpha value is -3.75. The van der Waals surface area contributed by atoms with E-state index in [9.17, 15) is 4.79 Å². The number of anilines is 1. The SMILES string of the molecule is O=C(N[C@@H](c1ccccn1)C1CC1)c1ccc2[nH]nc(-c3ccc(N4CC(N5CCOCC5)C4)cc3)c2c1. The van der Waals surface area contributed by atoms with Crippen LogP contribution in [-0.2, 0) is 4.74 Å². The molecular formula is C30H32N6O2. The van der Waals surface area contributed by atoms with Crippen molar-refractivity contribution in [2.45, 2.75) is 24.9 Å². The number of carbonyl (C=O) groups is 1. The van der Waals surface area contributed by atoms with Crippen LogP contribution in [0.15, 0.2) is 66.9 Å². The van der Waals surface area contributed by atoms with Gasteiger partial charge < -0.3 is 15.0 Å². The zero-order chi connectivity index (χ0) is 25.5. The first-order chi connectivity index (χ1) is 18.7. The lowest BCUT2D eigenvalue weighted by molar-refractivity contribution is 0.0105. The predicted octanol–water partition coefficient (Wildman–Crippen LogP) is 4.03. The van der Waals surface area contributed by atoms with Crippen molar-refractivity contribution in [1.29, 1.82) is 0 Å². The van der Waals surface area contributed by atoms with Crippen molar-refractivity contribution < 1.29 is 9.53 Å². The molecule has 2 aromatic carbocycles. The number of benzene rings is 2. The standard InChI is InChI=1S/C30H32N6O2/c37-30(32-29(21-4-5-21)27-3-1-2-12-31-27)22-8-11-26-25(17-22)28(34-33-26)20-6-9-23(10-7-20)36-18-24(19-36)35-13-15-38-16-14-35/h1-3,6-12,17,21,24,29H,4-5,13-16,18-19H2,(H,32,37)(H,33,34)/t29-/m1/s1. The summed E-state index contributed by atoms with van der Waals surface area (Å²) in [6, 6.07) is 20.8. The van der Waals surface area contributed by atoms with Crippen molar-refractivity contribution in [3.8, 4) is 11.3 Å². The number of ether oxygens (including phenoxy) is 1. The molecule has 1 amide bonds. The molecule has 8 nitrogen and oxygen atoms in total. The van der Waals surface area contributed by atoms with Gasteiger partial charge in [0.25, 0.3) is 5.91 Å². The predicted molar refractivity (Wildman–Crippen MR) is 147 cm³/mol. The Kier molecular flexibility index (Phi) is 6.06. The van der Waals surface area contributed by atoms with Gasteiger partial charge in [-0.3, -0.25) is 19.8 Å². The fourth-order valence-corrected chi connectivity index (χ4v) is 5.69. The summed E-state index contributed by atoms with van der Waals surface area (Å²) in [6.07, 6.45) is 4.03. The minimum atomic E-state index is -0.0791. The second-order valence-corrected chi connectivity index (χ2v) is 10.6. The summed E-state index contributed by atoms with van der Waals surface area (Å²) >= 11 is 0. The molecule has 3 fully saturated rings. The monoisotopic (exact) mass is 508 g/mol. The number of H-pyrrole nitrogens is 1. The quantitative estimate of drug-likeness (QED) is 0.392. The number of amides is 1. The number of carbonyl (C=O) groups excluding carboxylic acids is 1. The molecule has 0 radical (unpaired) electrons. The third-order valence-electron chi connectivity index (χ3n) is 8.14. The van der Waals surface area contributed by atoms with E-state index in [0.717, 1.165) is 80.1 Å². The van der Waals surface area contributed by atoms with Gasteiger partial charge in [0, 0.05) is 60.6 Å². The summed E-state index contributed by atoms with van der Waals surface area (Å²) in [5.74, 6) is 0.376. The topological polar surface area (TPSA) is 86.4 Å². The lowest BCUT2D eigenvalue weighted by atomic mass is 10.0. The number of aromatic nitrogens is 3. The maximum Gasteiger partial charge on any atom is 0.251 e. The van der Waals surface area contributed by atoms with E-state index in [1.165, 1.54) is 5.69 Å². The van der Waals surface area contributed by atoms with Crippen LogP contribution in [-0.4, -0.2) is 71.4 Å². The third kappa shape index (κ3) is 4.54. The second kappa shape index (κ2) is 9.85. The Morgan fingerprint density at radius 1 is 1.03 bits per heavy atom. The van der Waals surface area contributed by atoms with E-state index < -0.39 is 0 Å². The van der Waals surface area contributed by atoms with Crippen molar-refractivity contribution in [2.24, 2.45) is 5.92 Å². The molecule has 4 heterocycles. The molecule has 0 bridgehead atoms. The van der Waals surface area contributed by atoms with Gasteiger partial charge in [-0.15, -0.1) is 0 Å². The second-order valence-electron chi connectivity index (χ2n) is 10.6. The van der Waals surface area contributed by atoms with Crippen LogP contribution >= 0.6 is 0 Å². The Labute approximate surface area is 222 Å². The van der Waals surface area contributed by atoms with Gasteiger partial charge in [0.1, 0.15) is 0 Å². The van der Waals surface area contributed by atoms with Gasteiger partial charge in [-0.25, -0.2) is 0 Å². The first kappa shape index (κ1) is 23.4. The van der Waals surface area contributed by atoms with Gasteiger partial charge in [0.2, 0.25) is 0 Å². The molecule has 2 aromatic heterocycles. The van der Waals surface area contributed by atoms with Crippen LogP contribution in [0, 0.1) is 5.92 Å². The number of rotatable bonds is 7. The molecule has 0 spiro atoms. The van der Waals surface area contributed by atoms with E-state index in [4.69, 9.17) is 4.74 Å². The van der Waals surface area contributed by atoms with Gasteiger partial charge in [-0.1, -0.05) is 18.2 Å². The van der Waals surface area contributed by atoms with Crippen molar-refractivity contribution in [2.75, 3.05) is 44.3 Å². The zero-order valence-electron chi connectivity index (χ0n) is 21.3. The largest absolute Gasteiger partial charge is 0.379 e. The van der Waals surface area contributed by atoms with E-state index in [1.807, 2.05) is 36.4 Å². The molecule has 4 aromatic rings. The number of nitrogens with one attached hydrogen (secondary N) is 2. The molecule has 8 heteroatoms. The van der Waals surface area contributed by atoms with Crippen molar-refractivity contribution in [1.82, 2.24) is 25.4 Å². The molecule has 2 saturated heterocycles. The van der Waals surface area contributed by atoms with Gasteiger partial charge >= 0.3 is 0 Å². The van der Waals surface area contributed by atoms with Crippen molar-refractivity contribution >= 4 is 22.5 Å². The van der Waals surface area contributed by atoms with Crippen LogP contribution in [0.2, 0.25) is 0 Å². The zero-order valence-corrected chi connectivity index (χ0v) is 21.3. The van der Waals surface area contributed by atoms with Gasteiger partial charge in [0.05, 0.1) is 36.2 Å². The number of pyridine rings is 1. The molecule has 2 aliphatic heterocycles. The van der Waals surface area contributed by atoms with Crippen LogP contribution in [0.1, 0.15) is 34.9 Å². The summed E-state index contributed by atoms with van der Waals surface area (Å²) in [6.45, 7) is 5.88. The van der Waals surface area contributed by atoms with Gasteiger partial charge in [0.15, 0.2) is 0 Å². The molecule has 194 valence electrons. The minimum Gasteiger partial charge on any atom is -0.379 e. The average Bonchev–Trinajstić information content (AvgIpc) is 3.70. The Morgan fingerprint density at radius 2 is 1.84 bits per heavy atom. The molecule has 0 unspecified atom stereocenters. The van der Waals surface area contributed by atoms with Crippen molar-refractivity contribution in [3.05, 3.63) is 78.1 Å². The fraction of sp³-hybridized carbons (Fsp3) is 0.367. The molecule has 7 rings (SSSR count). The van der Waals surface area contributed by atoms with Crippen LogP contribution < -0.4 is 10.2 Å². The molecule has 38 heavy (non-hydrogen) atoms. The van der Waals surface area contributed by atoms with Gasteiger partial charge in [-0.2, -0.15) is 5.10 Å². The molecule has 1 aliphatic carbocycles. The summed E-state index contributed by atoms with van der Waals surface area (Å²) in [4.78, 5) is 22.8. The van der Waals surface area contributed by atoms with E-state index in [0.29, 0.717) is 17.5 Å². The van der Waals surface area contributed by atoms with E-state index in [1.54, 1.807) is 6.20 Å². The maximum atomic E-state index is 13.3. The average molecular weight is 509 g/mol. The van der Waals surface area contributed by atoms with E-state index in [-0.39, 0.29) is 11.9 Å². The Bertz CT molecular complexity index is 1420. The third-order valence-corrected chi connectivity index (χ3v) is 8.14. The smallest absolute Gasteiger partial charge is 0.251 e. The number of nitrogens with zero attached hydrogens (tertiary/aromatic N) is 4. The van der Waals surface area contributed by atoms with Crippen LogP contribution in [0.3, 0.4) is 0 Å². The van der Waals surface area contributed by atoms with Crippen LogP contribution in [0.25, 0.3) is 22.2 Å².